The van der Waals surface area contributed by atoms with Crippen LogP contribution in [0.5, 0.6) is 5.75 Å². The minimum atomic E-state index is -4.90. The zero-order chi connectivity index (χ0) is 29.5. The summed E-state index contributed by atoms with van der Waals surface area (Å²) in [5.41, 5.74) is -0.0788. The Bertz CT molecular complexity index is 1330. The van der Waals surface area contributed by atoms with Crippen molar-refractivity contribution in [2.75, 3.05) is 16.8 Å². The van der Waals surface area contributed by atoms with Crippen LogP contribution in [0.1, 0.15) is 27.9 Å². The van der Waals surface area contributed by atoms with Crippen molar-refractivity contribution in [3.05, 3.63) is 89.5 Å². The first-order valence-corrected chi connectivity index (χ1v) is 11.4. The van der Waals surface area contributed by atoms with Gasteiger partial charge in [0.25, 0.3) is 5.91 Å². The van der Waals surface area contributed by atoms with E-state index in [0.29, 0.717) is 5.56 Å². The van der Waals surface area contributed by atoms with Crippen molar-refractivity contribution in [1.29, 1.82) is 0 Å². The van der Waals surface area contributed by atoms with E-state index >= 15 is 0 Å². The highest BCUT2D eigenvalue weighted by Crippen LogP contribution is 2.31. The van der Waals surface area contributed by atoms with Gasteiger partial charge in [0.2, 0.25) is 0 Å². The molecule has 0 bridgehead atoms. The number of nitrogens with one attached hydrogen (secondary N) is 2. The van der Waals surface area contributed by atoms with Gasteiger partial charge in [-0.15, -0.1) is 13.2 Å². The monoisotopic (exact) mass is 569 g/mol. The van der Waals surface area contributed by atoms with Crippen molar-refractivity contribution in [2.24, 2.45) is 0 Å². The van der Waals surface area contributed by atoms with Crippen molar-refractivity contribution in [3.8, 4) is 5.75 Å². The number of ether oxygens (including phenoxy) is 1. The molecule has 0 atom stereocenters. The van der Waals surface area contributed by atoms with Crippen molar-refractivity contribution >= 4 is 29.3 Å². The molecular formula is C26H21F6N3O5. The predicted molar refractivity (Wildman–Crippen MR) is 131 cm³/mol. The van der Waals surface area contributed by atoms with Crippen LogP contribution in [0.4, 0.5) is 42.5 Å². The molecule has 3 aromatic carbocycles. The zero-order valence-corrected chi connectivity index (χ0v) is 20.3. The number of aliphatic carboxylic acids is 1. The van der Waals surface area contributed by atoms with Gasteiger partial charge >= 0.3 is 24.5 Å². The van der Waals surface area contributed by atoms with E-state index in [9.17, 15) is 40.7 Å². The molecule has 14 heteroatoms. The van der Waals surface area contributed by atoms with Crippen molar-refractivity contribution < 1.29 is 50.6 Å². The average molecular weight is 569 g/mol. The number of carboxylic acid groups (broad SMARTS) is 1. The van der Waals surface area contributed by atoms with Gasteiger partial charge in [-0.3, -0.25) is 14.5 Å². The molecule has 0 radical (unpaired) electrons. The molecule has 0 saturated carbocycles. The van der Waals surface area contributed by atoms with Gasteiger partial charge in [-0.2, -0.15) is 13.2 Å². The number of anilines is 2. The van der Waals surface area contributed by atoms with Gasteiger partial charge < -0.3 is 20.5 Å². The maximum atomic E-state index is 13.1. The predicted octanol–water partition coefficient (Wildman–Crippen LogP) is 6.05. The van der Waals surface area contributed by atoms with Crippen LogP contribution >= 0.6 is 0 Å². The molecule has 0 fully saturated rings. The topological polar surface area (TPSA) is 108 Å². The molecule has 0 unspecified atom stereocenters. The molecule has 0 aliphatic carbocycles. The SMILES string of the molecule is O=C(O)CCNC(=O)c1ccc(CN(C(=O)Nc2ccc(OC(F)(F)F)cc2)c2ccc(C(F)(F)F)cc2)cc1. The number of halogens is 6. The summed E-state index contributed by atoms with van der Waals surface area (Å²) in [6, 6.07) is 13.1. The number of rotatable bonds is 9. The third kappa shape index (κ3) is 8.92. The number of hydrogen-bond acceptors (Lipinski definition) is 4. The Morgan fingerprint density at radius 2 is 1.43 bits per heavy atom. The molecule has 212 valence electrons. The third-order valence-electron chi connectivity index (χ3n) is 5.27. The van der Waals surface area contributed by atoms with Crippen LogP contribution in [0.2, 0.25) is 0 Å². The van der Waals surface area contributed by atoms with Gasteiger partial charge in [0.05, 0.1) is 18.5 Å². The van der Waals surface area contributed by atoms with E-state index in [1.165, 1.54) is 24.3 Å². The van der Waals surface area contributed by atoms with E-state index in [0.717, 1.165) is 53.4 Å². The number of hydrogen-bond donors (Lipinski definition) is 3. The van der Waals surface area contributed by atoms with E-state index in [1.807, 2.05) is 0 Å². The molecule has 0 heterocycles. The normalized spacial score (nSPS) is 11.4. The molecule has 40 heavy (non-hydrogen) atoms. The number of urea groups is 1. The minimum absolute atomic E-state index is 0.0815. The Balaban J connectivity index is 1.80. The van der Waals surface area contributed by atoms with Crippen LogP contribution in [-0.2, 0) is 17.5 Å². The van der Waals surface area contributed by atoms with Crippen LogP contribution in [0, 0.1) is 0 Å². The second kappa shape index (κ2) is 12.4. The molecule has 0 saturated heterocycles. The quantitative estimate of drug-likeness (QED) is 0.272. The Morgan fingerprint density at radius 1 is 0.825 bits per heavy atom. The van der Waals surface area contributed by atoms with E-state index < -0.39 is 41.8 Å². The molecule has 0 aliphatic rings. The van der Waals surface area contributed by atoms with Crippen molar-refractivity contribution in [1.82, 2.24) is 5.32 Å². The highest BCUT2D eigenvalue weighted by atomic mass is 19.4. The number of nitrogens with zero attached hydrogens (tertiary/aromatic N) is 1. The number of carbonyl (C=O) groups is 3. The smallest absolute Gasteiger partial charge is 0.481 e. The van der Waals surface area contributed by atoms with Gasteiger partial charge in [-0.25, -0.2) is 4.79 Å². The summed E-state index contributed by atoms with van der Waals surface area (Å²) >= 11 is 0. The van der Waals surface area contributed by atoms with E-state index in [-0.39, 0.29) is 36.4 Å². The number of carboxylic acids is 1. The molecule has 3 amide bonds. The summed E-state index contributed by atoms with van der Waals surface area (Å²) < 4.78 is 80.1. The summed E-state index contributed by atoms with van der Waals surface area (Å²) in [5, 5.41) is 13.6. The second-order valence-corrected chi connectivity index (χ2v) is 8.23. The van der Waals surface area contributed by atoms with Gasteiger partial charge in [0.1, 0.15) is 5.75 Å². The minimum Gasteiger partial charge on any atom is -0.481 e. The maximum absolute atomic E-state index is 13.1. The molecule has 0 spiro atoms. The van der Waals surface area contributed by atoms with E-state index in [4.69, 9.17) is 5.11 Å². The fraction of sp³-hybridized carbons (Fsp3) is 0.192. The summed E-state index contributed by atoms with van der Waals surface area (Å²) in [6.45, 7) is -0.242. The molecule has 0 aliphatic heterocycles. The van der Waals surface area contributed by atoms with E-state index in [1.54, 1.807) is 0 Å². The molecular weight excluding hydrogens is 548 g/mol. The van der Waals surface area contributed by atoms with Crippen LogP contribution in [-0.4, -0.2) is 35.9 Å². The van der Waals surface area contributed by atoms with Crippen molar-refractivity contribution in [3.63, 3.8) is 0 Å². The highest BCUT2D eigenvalue weighted by Gasteiger charge is 2.31. The number of carbonyl (C=O) groups excluding carboxylic acids is 2. The largest absolute Gasteiger partial charge is 0.573 e. The summed E-state index contributed by atoms with van der Waals surface area (Å²) in [4.78, 5) is 37.0. The van der Waals surface area contributed by atoms with Crippen LogP contribution in [0.3, 0.4) is 0 Å². The molecule has 3 aromatic rings. The lowest BCUT2D eigenvalue weighted by molar-refractivity contribution is -0.274. The molecule has 0 aromatic heterocycles. The van der Waals surface area contributed by atoms with Crippen LogP contribution in [0.15, 0.2) is 72.8 Å². The summed E-state index contributed by atoms with van der Waals surface area (Å²) in [7, 11) is 0. The number of amides is 3. The highest BCUT2D eigenvalue weighted by molar-refractivity contribution is 6.01. The standard InChI is InChI=1S/C26H21F6N3O5/c27-25(28,29)18-5-9-20(10-6-18)35(24(39)34-19-7-11-21(12-8-19)40-26(30,31)32)15-16-1-3-17(4-2-16)23(38)33-14-13-22(36)37/h1-12H,13-15H2,(H,33,38)(H,34,39)(H,36,37). The number of alkyl halides is 6. The second-order valence-electron chi connectivity index (χ2n) is 8.23. The first-order chi connectivity index (χ1) is 18.7. The molecule has 3 N–H and O–H groups in total. The maximum Gasteiger partial charge on any atom is 0.573 e. The Hall–Kier alpha value is -4.75. The Labute approximate surface area is 223 Å². The van der Waals surface area contributed by atoms with Gasteiger partial charge in [-0.05, 0) is 66.2 Å². The van der Waals surface area contributed by atoms with Crippen LogP contribution in [0.25, 0.3) is 0 Å². The fourth-order valence-corrected chi connectivity index (χ4v) is 3.37. The lowest BCUT2D eigenvalue weighted by atomic mass is 10.1. The van der Waals surface area contributed by atoms with Gasteiger partial charge in [0, 0.05) is 23.5 Å². The van der Waals surface area contributed by atoms with Crippen molar-refractivity contribution in [2.45, 2.75) is 25.5 Å². The van der Waals surface area contributed by atoms with E-state index in [2.05, 4.69) is 15.4 Å². The van der Waals surface area contributed by atoms with Gasteiger partial charge in [-0.1, -0.05) is 12.1 Å². The molecule has 3 rings (SSSR count). The Morgan fingerprint density at radius 3 is 1.95 bits per heavy atom. The van der Waals surface area contributed by atoms with Gasteiger partial charge in [0.15, 0.2) is 0 Å². The van der Waals surface area contributed by atoms with Crippen LogP contribution < -0.4 is 20.3 Å². The summed E-state index contributed by atoms with van der Waals surface area (Å²) in [5.74, 6) is -2.12. The average Bonchev–Trinajstić information content (AvgIpc) is 2.87. The first kappa shape index (κ1) is 29.8. The lowest BCUT2D eigenvalue weighted by Crippen LogP contribution is -2.34. The zero-order valence-electron chi connectivity index (χ0n) is 20.3. The lowest BCUT2D eigenvalue weighted by Gasteiger charge is -2.24. The fourth-order valence-electron chi connectivity index (χ4n) is 3.37. The Kier molecular flexibility index (Phi) is 9.24. The number of benzene rings is 3. The summed E-state index contributed by atoms with van der Waals surface area (Å²) in [6.07, 6.45) is -9.77. The third-order valence-corrected chi connectivity index (χ3v) is 5.27. The molecule has 8 nitrogen and oxygen atoms in total. The first-order valence-electron chi connectivity index (χ1n) is 11.4.